The molecule has 0 aromatic carbocycles. The molecule has 4 heteroatoms. The third-order valence-corrected chi connectivity index (χ3v) is 1.51. The summed E-state index contributed by atoms with van der Waals surface area (Å²) in [4.78, 5) is 24.9. The summed E-state index contributed by atoms with van der Waals surface area (Å²) in [7, 11) is 0. The van der Waals surface area contributed by atoms with Crippen LogP contribution in [0.3, 0.4) is 0 Å². The predicted octanol–water partition coefficient (Wildman–Crippen LogP) is 1.75. The van der Waals surface area contributed by atoms with Crippen LogP contribution in [0.1, 0.15) is 27.8 Å². The highest BCUT2D eigenvalue weighted by molar-refractivity contribution is 6.29. The fourth-order valence-corrected chi connectivity index (χ4v) is 0.982. The van der Waals surface area contributed by atoms with Gasteiger partial charge in [0.1, 0.15) is 17.1 Å². The number of ketones is 1. The van der Waals surface area contributed by atoms with Crippen molar-refractivity contribution < 1.29 is 9.59 Å². The summed E-state index contributed by atoms with van der Waals surface area (Å²) in [6.07, 6.45) is 0.625. The molecule has 0 radical (unpaired) electrons. The van der Waals surface area contributed by atoms with Crippen molar-refractivity contribution in [3.05, 3.63) is 28.5 Å². The Morgan fingerprint density at radius 3 is 2.75 bits per heavy atom. The van der Waals surface area contributed by atoms with Crippen LogP contribution < -0.4 is 0 Å². The Kier molecular flexibility index (Phi) is 2.55. The highest BCUT2D eigenvalue weighted by Gasteiger charge is 2.04. The van der Waals surface area contributed by atoms with Crippen LogP contribution in [0.2, 0.25) is 5.15 Å². The minimum absolute atomic E-state index is 0.157. The van der Waals surface area contributed by atoms with E-state index in [0.29, 0.717) is 11.8 Å². The Bertz CT molecular complexity index is 336. The van der Waals surface area contributed by atoms with Gasteiger partial charge in [0.25, 0.3) is 0 Å². The van der Waals surface area contributed by atoms with Crippen LogP contribution in [0.25, 0.3) is 0 Å². The number of Topliss-reactive ketones (excluding diaryl/α,β-unsaturated/α-hetero) is 1. The van der Waals surface area contributed by atoms with Crippen LogP contribution in [0.4, 0.5) is 0 Å². The second-order valence-corrected chi connectivity index (χ2v) is 2.67. The van der Waals surface area contributed by atoms with Crippen molar-refractivity contribution in [2.75, 3.05) is 0 Å². The van der Waals surface area contributed by atoms with Crippen molar-refractivity contribution in [1.82, 2.24) is 4.98 Å². The predicted molar refractivity (Wildman–Crippen MR) is 44.6 cm³/mol. The summed E-state index contributed by atoms with van der Waals surface area (Å²) in [6, 6.07) is 2.81. The molecule has 0 saturated carbocycles. The maximum absolute atomic E-state index is 10.8. The van der Waals surface area contributed by atoms with Gasteiger partial charge in [0.15, 0.2) is 5.78 Å². The standard InChI is InChI=1S/C8H6ClNO2/c1-5(12)7-2-6(4-11)3-8(9)10-7/h2-4H,1H3. The van der Waals surface area contributed by atoms with Crippen molar-refractivity contribution in [2.45, 2.75) is 6.92 Å². The first-order valence-corrected chi connectivity index (χ1v) is 3.65. The molecular weight excluding hydrogens is 178 g/mol. The molecule has 0 spiro atoms. The first-order chi connectivity index (χ1) is 5.63. The van der Waals surface area contributed by atoms with Gasteiger partial charge in [-0.05, 0) is 12.1 Å². The molecule has 0 aliphatic heterocycles. The Balaban J connectivity index is 3.23. The molecule has 1 heterocycles. The average Bonchev–Trinajstić information content (AvgIpc) is 2.03. The molecular formula is C8H6ClNO2. The van der Waals surface area contributed by atoms with Crippen molar-refractivity contribution >= 4 is 23.7 Å². The summed E-state index contributed by atoms with van der Waals surface area (Å²) in [5.74, 6) is -0.208. The molecule has 0 atom stereocenters. The van der Waals surface area contributed by atoms with E-state index in [2.05, 4.69) is 4.98 Å². The lowest BCUT2D eigenvalue weighted by Gasteiger charge is -1.96. The van der Waals surface area contributed by atoms with Gasteiger partial charge >= 0.3 is 0 Å². The number of rotatable bonds is 2. The molecule has 62 valence electrons. The fraction of sp³-hybridized carbons (Fsp3) is 0.125. The topological polar surface area (TPSA) is 47.0 Å². The van der Waals surface area contributed by atoms with E-state index < -0.39 is 0 Å². The number of carbonyl (C=O) groups excluding carboxylic acids is 2. The SMILES string of the molecule is CC(=O)c1cc(C=O)cc(Cl)n1. The van der Waals surface area contributed by atoms with E-state index in [9.17, 15) is 9.59 Å². The molecule has 0 unspecified atom stereocenters. The third kappa shape index (κ3) is 1.89. The van der Waals surface area contributed by atoms with Gasteiger partial charge in [0.2, 0.25) is 0 Å². The number of carbonyl (C=O) groups is 2. The molecule has 0 aliphatic rings. The van der Waals surface area contributed by atoms with Gasteiger partial charge in [-0.2, -0.15) is 0 Å². The maximum Gasteiger partial charge on any atom is 0.178 e. The van der Waals surface area contributed by atoms with Gasteiger partial charge in [0, 0.05) is 12.5 Å². The number of halogens is 1. The molecule has 1 aromatic rings. The van der Waals surface area contributed by atoms with E-state index in [1.807, 2.05) is 0 Å². The Labute approximate surface area is 74.4 Å². The van der Waals surface area contributed by atoms with Crippen LogP contribution >= 0.6 is 11.6 Å². The minimum atomic E-state index is -0.208. The van der Waals surface area contributed by atoms with Crippen LogP contribution in [0.5, 0.6) is 0 Å². The Morgan fingerprint density at radius 1 is 1.58 bits per heavy atom. The quantitative estimate of drug-likeness (QED) is 0.399. The zero-order valence-electron chi connectivity index (χ0n) is 6.37. The zero-order valence-corrected chi connectivity index (χ0v) is 7.13. The largest absolute Gasteiger partial charge is 0.298 e. The van der Waals surface area contributed by atoms with Gasteiger partial charge in [-0.3, -0.25) is 9.59 Å². The lowest BCUT2D eigenvalue weighted by Crippen LogP contribution is -1.98. The van der Waals surface area contributed by atoms with E-state index in [4.69, 9.17) is 11.6 Å². The summed E-state index contributed by atoms with van der Waals surface area (Å²) in [5, 5.41) is 0.157. The molecule has 12 heavy (non-hydrogen) atoms. The highest BCUT2D eigenvalue weighted by Crippen LogP contribution is 2.09. The van der Waals surface area contributed by atoms with Gasteiger partial charge in [-0.25, -0.2) is 4.98 Å². The maximum atomic E-state index is 10.8. The highest BCUT2D eigenvalue weighted by atomic mass is 35.5. The van der Waals surface area contributed by atoms with Crippen molar-refractivity contribution in [2.24, 2.45) is 0 Å². The lowest BCUT2D eigenvalue weighted by atomic mass is 10.2. The van der Waals surface area contributed by atoms with E-state index in [1.165, 1.54) is 19.1 Å². The van der Waals surface area contributed by atoms with E-state index >= 15 is 0 Å². The van der Waals surface area contributed by atoms with Crippen LogP contribution in [0, 0.1) is 0 Å². The smallest absolute Gasteiger partial charge is 0.178 e. The summed E-state index contributed by atoms with van der Waals surface area (Å²) in [6.45, 7) is 1.37. The van der Waals surface area contributed by atoms with Crippen LogP contribution in [-0.4, -0.2) is 17.1 Å². The number of aromatic nitrogens is 1. The lowest BCUT2D eigenvalue weighted by molar-refractivity contribution is 0.101. The Hall–Kier alpha value is -1.22. The van der Waals surface area contributed by atoms with E-state index in [0.717, 1.165) is 0 Å². The van der Waals surface area contributed by atoms with Crippen molar-refractivity contribution in [1.29, 1.82) is 0 Å². The first kappa shape index (κ1) is 8.87. The molecule has 0 fully saturated rings. The molecule has 0 saturated heterocycles. The average molecular weight is 184 g/mol. The monoisotopic (exact) mass is 183 g/mol. The normalized spacial score (nSPS) is 9.50. The van der Waals surface area contributed by atoms with Gasteiger partial charge in [-0.1, -0.05) is 11.6 Å². The summed E-state index contributed by atoms with van der Waals surface area (Å²) in [5.41, 5.74) is 0.574. The van der Waals surface area contributed by atoms with Crippen LogP contribution in [-0.2, 0) is 0 Å². The zero-order chi connectivity index (χ0) is 9.14. The minimum Gasteiger partial charge on any atom is -0.298 e. The molecule has 3 nitrogen and oxygen atoms in total. The molecule has 0 amide bonds. The van der Waals surface area contributed by atoms with Gasteiger partial charge < -0.3 is 0 Å². The van der Waals surface area contributed by atoms with Crippen molar-refractivity contribution in [3.63, 3.8) is 0 Å². The second-order valence-electron chi connectivity index (χ2n) is 2.28. The summed E-state index contributed by atoms with van der Waals surface area (Å²) < 4.78 is 0. The van der Waals surface area contributed by atoms with E-state index in [-0.39, 0.29) is 16.6 Å². The number of pyridine rings is 1. The number of hydrogen-bond donors (Lipinski definition) is 0. The molecule has 0 bridgehead atoms. The van der Waals surface area contributed by atoms with Gasteiger partial charge in [0.05, 0.1) is 0 Å². The number of nitrogens with zero attached hydrogens (tertiary/aromatic N) is 1. The second kappa shape index (κ2) is 3.45. The fourth-order valence-electron chi connectivity index (χ4n) is 0.765. The summed E-state index contributed by atoms with van der Waals surface area (Å²) >= 11 is 5.55. The Morgan fingerprint density at radius 2 is 2.25 bits per heavy atom. The van der Waals surface area contributed by atoms with E-state index in [1.54, 1.807) is 0 Å². The number of hydrogen-bond acceptors (Lipinski definition) is 3. The first-order valence-electron chi connectivity index (χ1n) is 3.27. The molecule has 1 rings (SSSR count). The van der Waals surface area contributed by atoms with Crippen LogP contribution in [0.15, 0.2) is 12.1 Å². The molecule has 0 aliphatic carbocycles. The molecule has 1 aromatic heterocycles. The molecule has 0 N–H and O–H groups in total. The van der Waals surface area contributed by atoms with Crippen molar-refractivity contribution in [3.8, 4) is 0 Å². The number of aldehydes is 1. The van der Waals surface area contributed by atoms with Gasteiger partial charge in [-0.15, -0.1) is 0 Å². The third-order valence-electron chi connectivity index (χ3n) is 1.31.